The van der Waals surface area contributed by atoms with Gasteiger partial charge in [0.1, 0.15) is 11.8 Å². The molecule has 0 unspecified atom stereocenters. The largest absolute Gasteiger partial charge is 0.479 e. The van der Waals surface area contributed by atoms with Crippen LogP contribution in [-0.2, 0) is 0 Å². The van der Waals surface area contributed by atoms with Gasteiger partial charge in [0.25, 0.3) is 0 Å². The molecule has 0 aliphatic carbocycles. The lowest BCUT2D eigenvalue weighted by Gasteiger charge is -2.23. The molecule has 1 saturated heterocycles. The highest BCUT2D eigenvalue weighted by Gasteiger charge is 2.12. The van der Waals surface area contributed by atoms with Crippen molar-refractivity contribution < 1.29 is 4.74 Å². The number of rotatable bonds is 5. The Balaban J connectivity index is 1.82. The third kappa shape index (κ3) is 3.94. The molecular weight excluding hydrogens is 226 g/mol. The van der Waals surface area contributed by atoms with Crippen LogP contribution in [0.15, 0.2) is 24.3 Å². The maximum Gasteiger partial charge on any atom is 0.174 e. The Hall–Kier alpha value is -1.73. The molecule has 1 aliphatic heterocycles. The number of ether oxygens (including phenoxy) is 1. The number of benzene rings is 1. The predicted octanol–water partition coefficient (Wildman–Crippen LogP) is 2.00. The second-order valence-corrected chi connectivity index (χ2v) is 4.55. The maximum absolute atomic E-state index is 8.47. The predicted molar refractivity (Wildman–Crippen MR) is 71.6 cm³/mol. The molecule has 0 amide bonds. The van der Waals surface area contributed by atoms with E-state index in [4.69, 9.17) is 10.00 Å². The first-order valence-electron chi connectivity index (χ1n) is 6.43. The molecule has 2 rings (SSSR count). The Labute approximate surface area is 108 Å². The van der Waals surface area contributed by atoms with Gasteiger partial charge < -0.3 is 15.4 Å². The van der Waals surface area contributed by atoms with Gasteiger partial charge in [-0.1, -0.05) is 6.07 Å². The van der Waals surface area contributed by atoms with E-state index in [0.717, 1.165) is 37.0 Å². The zero-order chi connectivity index (χ0) is 12.6. The molecule has 0 saturated carbocycles. The molecule has 96 valence electrons. The number of piperidine rings is 1. The van der Waals surface area contributed by atoms with Gasteiger partial charge >= 0.3 is 0 Å². The highest BCUT2D eigenvalue weighted by Crippen LogP contribution is 2.19. The minimum absolute atomic E-state index is 0.0950. The molecule has 0 radical (unpaired) electrons. The molecule has 1 aromatic carbocycles. The summed E-state index contributed by atoms with van der Waals surface area (Å²) in [7, 11) is 0. The van der Waals surface area contributed by atoms with Gasteiger partial charge in [-0.05, 0) is 44.0 Å². The van der Waals surface area contributed by atoms with Crippen molar-refractivity contribution in [3.63, 3.8) is 0 Å². The Bertz CT molecular complexity index is 408. The summed E-state index contributed by atoms with van der Waals surface area (Å²) in [5, 5.41) is 15.3. The smallest absolute Gasteiger partial charge is 0.174 e. The summed E-state index contributed by atoms with van der Waals surface area (Å²) < 4.78 is 5.28. The van der Waals surface area contributed by atoms with Gasteiger partial charge in [0.15, 0.2) is 6.61 Å². The van der Waals surface area contributed by atoms with Gasteiger partial charge in [0.05, 0.1) is 0 Å². The van der Waals surface area contributed by atoms with E-state index in [9.17, 15) is 0 Å². The third-order valence-electron chi connectivity index (χ3n) is 3.19. The van der Waals surface area contributed by atoms with Gasteiger partial charge in [-0.2, -0.15) is 5.26 Å². The average Bonchev–Trinajstić information content (AvgIpc) is 2.44. The minimum Gasteiger partial charge on any atom is -0.479 e. The fraction of sp³-hybridized carbons (Fsp3) is 0.500. The molecule has 2 N–H and O–H groups in total. The zero-order valence-electron chi connectivity index (χ0n) is 10.5. The summed E-state index contributed by atoms with van der Waals surface area (Å²) in [6.45, 7) is 3.34. The Morgan fingerprint density at radius 1 is 1.39 bits per heavy atom. The van der Waals surface area contributed by atoms with Gasteiger partial charge in [0.2, 0.25) is 0 Å². The van der Waals surface area contributed by atoms with E-state index in [1.165, 1.54) is 12.8 Å². The van der Waals surface area contributed by atoms with Crippen LogP contribution >= 0.6 is 0 Å². The summed E-state index contributed by atoms with van der Waals surface area (Å²) in [4.78, 5) is 0. The number of nitrogens with one attached hydrogen (secondary N) is 2. The first-order chi connectivity index (χ1) is 8.88. The fourth-order valence-corrected chi connectivity index (χ4v) is 2.16. The van der Waals surface area contributed by atoms with Crippen molar-refractivity contribution in [1.82, 2.24) is 5.32 Å². The summed E-state index contributed by atoms with van der Waals surface area (Å²) in [6, 6.07) is 9.75. The van der Waals surface area contributed by atoms with Crippen LogP contribution in [0.5, 0.6) is 5.75 Å². The van der Waals surface area contributed by atoms with Gasteiger partial charge in [-0.25, -0.2) is 0 Å². The van der Waals surface area contributed by atoms with Gasteiger partial charge in [-0.15, -0.1) is 0 Å². The molecule has 0 spiro atoms. The van der Waals surface area contributed by atoms with E-state index in [1.54, 1.807) is 0 Å². The standard InChI is InChI=1S/C14H19N3O/c15-6-9-18-14-3-1-2-13(10-14)17-11-12-4-7-16-8-5-12/h1-3,10,12,16-17H,4-5,7-9,11H2. The highest BCUT2D eigenvalue weighted by atomic mass is 16.5. The van der Waals surface area contributed by atoms with Crippen LogP contribution in [0.25, 0.3) is 0 Å². The number of nitrogens with zero attached hydrogens (tertiary/aromatic N) is 1. The van der Waals surface area contributed by atoms with Crippen LogP contribution in [0.4, 0.5) is 5.69 Å². The maximum atomic E-state index is 8.47. The molecule has 1 aromatic rings. The van der Waals surface area contributed by atoms with Crippen molar-refractivity contribution in [2.75, 3.05) is 31.6 Å². The van der Waals surface area contributed by atoms with Crippen LogP contribution in [0.3, 0.4) is 0 Å². The fourth-order valence-electron chi connectivity index (χ4n) is 2.16. The number of nitriles is 1. The van der Waals surface area contributed by atoms with Crippen molar-refractivity contribution in [3.05, 3.63) is 24.3 Å². The van der Waals surface area contributed by atoms with Crippen LogP contribution < -0.4 is 15.4 Å². The van der Waals surface area contributed by atoms with Crippen molar-refractivity contribution in [2.24, 2.45) is 5.92 Å². The van der Waals surface area contributed by atoms with Crippen LogP contribution in [0.2, 0.25) is 0 Å². The van der Waals surface area contributed by atoms with E-state index >= 15 is 0 Å². The lowest BCUT2D eigenvalue weighted by molar-refractivity contribution is 0.368. The second kappa shape index (κ2) is 6.87. The first-order valence-corrected chi connectivity index (χ1v) is 6.43. The first kappa shape index (κ1) is 12.7. The van der Waals surface area contributed by atoms with E-state index in [-0.39, 0.29) is 6.61 Å². The van der Waals surface area contributed by atoms with E-state index in [1.807, 2.05) is 30.3 Å². The number of anilines is 1. The molecule has 18 heavy (non-hydrogen) atoms. The SMILES string of the molecule is N#CCOc1cccc(NCC2CCNCC2)c1. The van der Waals surface area contributed by atoms with Crippen LogP contribution in [-0.4, -0.2) is 26.2 Å². The molecule has 1 heterocycles. The summed E-state index contributed by atoms with van der Waals surface area (Å²) in [5.74, 6) is 1.49. The van der Waals surface area contributed by atoms with Crippen LogP contribution in [0, 0.1) is 17.2 Å². The average molecular weight is 245 g/mol. The molecular formula is C14H19N3O. The molecule has 1 aliphatic rings. The summed E-state index contributed by atoms with van der Waals surface area (Å²) >= 11 is 0. The van der Waals surface area contributed by atoms with E-state index < -0.39 is 0 Å². The zero-order valence-corrected chi connectivity index (χ0v) is 10.5. The minimum atomic E-state index is 0.0950. The Kier molecular flexibility index (Phi) is 4.86. The van der Waals surface area contributed by atoms with Crippen molar-refractivity contribution >= 4 is 5.69 Å². The van der Waals surface area contributed by atoms with Gasteiger partial charge in [-0.3, -0.25) is 0 Å². The topological polar surface area (TPSA) is 57.1 Å². The highest BCUT2D eigenvalue weighted by molar-refractivity contribution is 5.48. The molecule has 4 heteroatoms. The summed E-state index contributed by atoms with van der Waals surface area (Å²) in [5.41, 5.74) is 1.06. The number of hydrogen-bond acceptors (Lipinski definition) is 4. The second-order valence-electron chi connectivity index (χ2n) is 4.55. The monoisotopic (exact) mass is 245 g/mol. The molecule has 1 fully saturated rings. The Morgan fingerprint density at radius 3 is 3.00 bits per heavy atom. The molecule has 0 aromatic heterocycles. The van der Waals surface area contributed by atoms with Crippen LogP contribution in [0.1, 0.15) is 12.8 Å². The van der Waals surface area contributed by atoms with Crippen molar-refractivity contribution in [1.29, 1.82) is 5.26 Å². The van der Waals surface area contributed by atoms with E-state index in [0.29, 0.717) is 0 Å². The lowest BCUT2D eigenvalue weighted by atomic mass is 9.98. The molecule has 4 nitrogen and oxygen atoms in total. The summed E-state index contributed by atoms with van der Waals surface area (Å²) in [6.07, 6.45) is 2.47. The van der Waals surface area contributed by atoms with E-state index in [2.05, 4.69) is 10.6 Å². The molecule has 0 atom stereocenters. The lowest BCUT2D eigenvalue weighted by Crippen LogP contribution is -2.31. The van der Waals surface area contributed by atoms with Crippen molar-refractivity contribution in [2.45, 2.75) is 12.8 Å². The van der Waals surface area contributed by atoms with Gasteiger partial charge in [0, 0.05) is 18.3 Å². The third-order valence-corrected chi connectivity index (χ3v) is 3.19. The number of hydrogen-bond donors (Lipinski definition) is 2. The quantitative estimate of drug-likeness (QED) is 0.833. The normalized spacial score (nSPS) is 15.9. The van der Waals surface area contributed by atoms with Crippen molar-refractivity contribution in [3.8, 4) is 11.8 Å². The molecule has 0 bridgehead atoms. The Morgan fingerprint density at radius 2 is 2.22 bits per heavy atom.